The van der Waals surface area contributed by atoms with Crippen molar-refractivity contribution in [2.45, 2.75) is 11.8 Å². The summed E-state index contributed by atoms with van der Waals surface area (Å²) in [6, 6.07) is 12.7. The first-order chi connectivity index (χ1) is 9.61. The maximum Gasteiger partial charge on any atom is 0.128 e. The van der Waals surface area contributed by atoms with Crippen LogP contribution in [0.2, 0.25) is 0 Å². The van der Waals surface area contributed by atoms with Crippen molar-refractivity contribution in [3.63, 3.8) is 0 Å². The molecule has 0 radical (unpaired) electrons. The van der Waals surface area contributed by atoms with Gasteiger partial charge >= 0.3 is 0 Å². The highest BCUT2D eigenvalue weighted by molar-refractivity contribution is 9.10. The maximum absolute atomic E-state index is 13.8. The van der Waals surface area contributed by atoms with Crippen LogP contribution in [0, 0.1) is 5.82 Å². The fraction of sp³-hybridized carbons (Fsp3) is 0.250. The zero-order chi connectivity index (χ0) is 14.5. The van der Waals surface area contributed by atoms with Gasteiger partial charge in [0.1, 0.15) is 5.82 Å². The summed E-state index contributed by atoms with van der Waals surface area (Å²) in [5, 5.41) is -0.496. The van der Waals surface area contributed by atoms with E-state index in [1.54, 1.807) is 19.2 Å². The lowest BCUT2D eigenvalue weighted by molar-refractivity contribution is 0.202. The van der Waals surface area contributed by atoms with E-state index in [1.807, 2.05) is 24.3 Å². The molecule has 1 unspecified atom stereocenters. The quantitative estimate of drug-likeness (QED) is 0.676. The minimum absolute atomic E-state index is 0.295. The van der Waals surface area contributed by atoms with Gasteiger partial charge in [-0.05, 0) is 35.7 Å². The Balaban J connectivity index is 2.20. The summed E-state index contributed by atoms with van der Waals surface area (Å²) in [5.41, 5.74) is 2.53. The van der Waals surface area contributed by atoms with Crippen molar-refractivity contribution in [1.82, 2.24) is 0 Å². The van der Waals surface area contributed by atoms with Crippen LogP contribution in [0.25, 0.3) is 0 Å². The molecule has 0 aromatic heterocycles. The van der Waals surface area contributed by atoms with Crippen LogP contribution >= 0.6 is 27.5 Å². The molecular weight excluding hydrogens is 343 g/mol. The van der Waals surface area contributed by atoms with E-state index in [0.717, 1.165) is 16.5 Å². The monoisotopic (exact) mass is 356 g/mol. The Kier molecular flexibility index (Phi) is 5.58. The summed E-state index contributed by atoms with van der Waals surface area (Å²) in [5.74, 6) is -0.295. The largest absolute Gasteiger partial charge is 0.384 e. The fourth-order valence-electron chi connectivity index (χ4n) is 1.96. The molecule has 0 saturated heterocycles. The lowest BCUT2D eigenvalue weighted by Crippen LogP contribution is -1.99. The first-order valence-corrected chi connectivity index (χ1v) is 7.51. The molecule has 1 atom stereocenters. The second-order valence-electron chi connectivity index (χ2n) is 4.51. The molecule has 0 amide bonds. The minimum atomic E-state index is -0.496. The molecule has 0 heterocycles. The van der Waals surface area contributed by atoms with Crippen molar-refractivity contribution in [3.8, 4) is 0 Å². The van der Waals surface area contributed by atoms with Gasteiger partial charge in [-0.25, -0.2) is 4.39 Å². The molecule has 0 aliphatic carbocycles. The van der Waals surface area contributed by atoms with Crippen LogP contribution in [-0.4, -0.2) is 13.7 Å². The first kappa shape index (κ1) is 15.5. The van der Waals surface area contributed by atoms with Crippen molar-refractivity contribution in [1.29, 1.82) is 0 Å². The second kappa shape index (κ2) is 7.21. The topological polar surface area (TPSA) is 9.23 Å². The number of hydrogen-bond acceptors (Lipinski definition) is 1. The lowest BCUT2D eigenvalue weighted by atomic mass is 10.0. The Hall–Kier alpha value is -0.900. The number of alkyl halides is 1. The van der Waals surface area contributed by atoms with Gasteiger partial charge in [-0.2, -0.15) is 0 Å². The summed E-state index contributed by atoms with van der Waals surface area (Å²) in [7, 11) is 1.68. The molecule has 0 bridgehead atoms. The van der Waals surface area contributed by atoms with E-state index in [4.69, 9.17) is 16.3 Å². The third kappa shape index (κ3) is 3.81. The number of rotatable bonds is 5. The third-order valence-electron chi connectivity index (χ3n) is 3.10. The van der Waals surface area contributed by atoms with Crippen molar-refractivity contribution in [2.24, 2.45) is 0 Å². The molecule has 0 aliphatic rings. The number of ether oxygens (including phenoxy) is 1. The van der Waals surface area contributed by atoms with E-state index < -0.39 is 5.38 Å². The average Bonchev–Trinajstić information content (AvgIpc) is 2.47. The zero-order valence-electron chi connectivity index (χ0n) is 11.1. The van der Waals surface area contributed by atoms with Crippen LogP contribution in [0.4, 0.5) is 4.39 Å². The van der Waals surface area contributed by atoms with Crippen LogP contribution in [0.1, 0.15) is 22.1 Å². The molecule has 0 fully saturated rings. The van der Waals surface area contributed by atoms with E-state index >= 15 is 0 Å². The smallest absolute Gasteiger partial charge is 0.128 e. The van der Waals surface area contributed by atoms with Gasteiger partial charge in [0, 0.05) is 17.1 Å². The first-order valence-electron chi connectivity index (χ1n) is 6.28. The van der Waals surface area contributed by atoms with Crippen molar-refractivity contribution in [2.75, 3.05) is 13.7 Å². The number of hydrogen-bond donors (Lipinski definition) is 0. The predicted molar refractivity (Wildman–Crippen MR) is 83.8 cm³/mol. The molecule has 0 aliphatic heterocycles. The predicted octanol–water partition coefficient (Wildman–Crippen LogP) is 5.11. The molecular formula is C16H15BrClFO. The van der Waals surface area contributed by atoms with E-state index in [2.05, 4.69) is 15.9 Å². The molecule has 0 spiro atoms. The van der Waals surface area contributed by atoms with Gasteiger partial charge in [0.05, 0.1) is 12.0 Å². The maximum atomic E-state index is 13.8. The zero-order valence-corrected chi connectivity index (χ0v) is 13.4. The standard InChI is InChI=1S/C16H15BrClFO/c1-20-9-8-11-2-4-12(5-3-11)16(18)14-10-13(17)6-7-15(14)19/h2-7,10,16H,8-9H2,1H3. The highest BCUT2D eigenvalue weighted by Gasteiger charge is 2.15. The van der Waals surface area contributed by atoms with Crippen LogP contribution in [-0.2, 0) is 11.2 Å². The van der Waals surface area contributed by atoms with E-state index in [-0.39, 0.29) is 5.82 Å². The SMILES string of the molecule is COCCc1ccc(C(Cl)c2cc(Br)ccc2F)cc1. The van der Waals surface area contributed by atoms with Gasteiger partial charge < -0.3 is 4.74 Å². The number of halogens is 3. The van der Waals surface area contributed by atoms with Crippen molar-refractivity contribution < 1.29 is 9.13 Å². The van der Waals surface area contributed by atoms with Gasteiger partial charge in [0.15, 0.2) is 0 Å². The van der Waals surface area contributed by atoms with E-state index in [9.17, 15) is 4.39 Å². The van der Waals surface area contributed by atoms with Crippen LogP contribution in [0.15, 0.2) is 46.9 Å². The molecule has 2 rings (SSSR count). The van der Waals surface area contributed by atoms with Gasteiger partial charge in [-0.15, -0.1) is 11.6 Å². The molecule has 0 saturated carbocycles. The normalized spacial score (nSPS) is 12.4. The second-order valence-corrected chi connectivity index (χ2v) is 5.86. The van der Waals surface area contributed by atoms with Crippen LogP contribution in [0.5, 0.6) is 0 Å². The molecule has 20 heavy (non-hydrogen) atoms. The van der Waals surface area contributed by atoms with Gasteiger partial charge in [0.25, 0.3) is 0 Å². The highest BCUT2D eigenvalue weighted by Crippen LogP contribution is 2.32. The van der Waals surface area contributed by atoms with Crippen molar-refractivity contribution >= 4 is 27.5 Å². The average molecular weight is 358 g/mol. The Labute approximate surface area is 131 Å². The van der Waals surface area contributed by atoms with Gasteiger partial charge in [0.2, 0.25) is 0 Å². The summed E-state index contributed by atoms with van der Waals surface area (Å²) in [6.07, 6.45) is 0.856. The Morgan fingerprint density at radius 1 is 1.20 bits per heavy atom. The van der Waals surface area contributed by atoms with Gasteiger partial charge in [-0.3, -0.25) is 0 Å². The summed E-state index contributed by atoms with van der Waals surface area (Å²) in [6.45, 7) is 0.684. The highest BCUT2D eigenvalue weighted by atomic mass is 79.9. The summed E-state index contributed by atoms with van der Waals surface area (Å²) in [4.78, 5) is 0. The molecule has 2 aromatic carbocycles. The van der Waals surface area contributed by atoms with Crippen LogP contribution < -0.4 is 0 Å². The number of methoxy groups -OCH3 is 1. The molecule has 0 N–H and O–H groups in total. The third-order valence-corrected chi connectivity index (χ3v) is 4.08. The molecule has 2 aromatic rings. The van der Waals surface area contributed by atoms with Gasteiger partial charge in [-0.1, -0.05) is 40.2 Å². The lowest BCUT2D eigenvalue weighted by Gasteiger charge is -2.12. The Morgan fingerprint density at radius 2 is 1.90 bits per heavy atom. The summed E-state index contributed by atoms with van der Waals surface area (Å²) < 4.78 is 19.7. The van der Waals surface area contributed by atoms with E-state index in [0.29, 0.717) is 12.2 Å². The number of benzene rings is 2. The minimum Gasteiger partial charge on any atom is -0.384 e. The molecule has 4 heteroatoms. The van der Waals surface area contributed by atoms with Crippen molar-refractivity contribution in [3.05, 3.63) is 69.4 Å². The Morgan fingerprint density at radius 3 is 2.55 bits per heavy atom. The Bertz CT molecular complexity index is 571. The molecule has 106 valence electrons. The summed E-state index contributed by atoms with van der Waals surface area (Å²) >= 11 is 9.72. The van der Waals surface area contributed by atoms with Crippen LogP contribution in [0.3, 0.4) is 0 Å². The van der Waals surface area contributed by atoms with E-state index in [1.165, 1.54) is 11.6 Å². The molecule has 1 nitrogen and oxygen atoms in total. The fourth-order valence-corrected chi connectivity index (χ4v) is 2.65.